The van der Waals surface area contributed by atoms with Gasteiger partial charge in [0, 0.05) is 17.6 Å². The van der Waals surface area contributed by atoms with E-state index in [1.165, 1.54) is 12.5 Å². The third-order valence-corrected chi connectivity index (χ3v) is 5.80. The maximum atomic E-state index is 13.8. The number of likely N-dealkylation sites (tertiary alicyclic amines) is 1. The Morgan fingerprint density at radius 2 is 2.00 bits per heavy atom. The van der Waals surface area contributed by atoms with Crippen molar-refractivity contribution in [2.45, 2.75) is 38.0 Å². The van der Waals surface area contributed by atoms with Gasteiger partial charge in [0.25, 0.3) is 0 Å². The van der Waals surface area contributed by atoms with Crippen LogP contribution in [0.1, 0.15) is 48.5 Å². The molecule has 1 heterocycles. The first-order valence-electron chi connectivity index (χ1n) is 10.1. The van der Waals surface area contributed by atoms with Crippen LogP contribution in [0.5, 0.6) is 5.75 Å². The van der Waals surface area contributed by atoms with Crippen molar-refractivity contribution in [2.24, 2.45) is 0 Å². The van der Waals surface area contributed by atoms with Gasteiger partial charge in [-0.15, -0.1) is 12.4 Å². The normalized spacial score (nSPS) is 19.1. The standard InChI is InChI=1S/C23H27FN2O4.ClH/c1-3-23(11-4-5-12-26(2)15-23)16-7-6-8-18(13-16)30-22(29)25-17-9-10-19(21(27)28)20(24)14-17;/h6-10,13-14H,3-5,11-12,15H2,1-2H3,(H,25,29)(H,27,28);1H. The fourth-order valence-corrected chi connectivity index (χ4v) is 4.15. The second kappa shape index (κ2) is 10.6. The minimum Gasteiger partial charge on any atom is -0.478 e. The Morgan fingerprint density at radius 1 is 1.23 bits per heavy atom. The summed E-state index contributed by atoms with van der Waals surface area (Å²) in [5.41, 5.74) is 0.812. The Kier molecular flexibility index (Phi) is 8.42. The summed E-state index contributed by atoms with van der Waals surface area (Å²) in [6.45, 7) is 4.22. The van der Waals surface area contributed by atoms with Crippen LogP contribution in [0.2, 0.25) is 0 Å². The maximum Gasteiger partial charge on any atom is 0.417 e. The van der Waals surface area contributed by atoms with Gasteiger partial charge in [-0.1, -0.05) is 25.5 Å². The lowest BCUT2D eigenvalue weighted by Crippen LogP contribution is -2.37. The molecular weight excluding hydrogens is 423 g/mol. The molecule has 1 aliphatic rings. The van der Waals surface area contributed by atoms with Gasteiger partial charge in [-0.05, 0) is 68.8 Å². The zero-order valence-electron chi connectivity index (χ0n) is 17.7. The van der Waals surface area contributed by atoms with Crippen LogP contribution in [0.15, 0.2) is 42.5 Å². The van der Waals surface area contributed by atoms with E-state index in [4.69, 9.17) is 9.84 Å². The molecule has 0 aliphatic carbocycles. The molecule has 0 saturated carbocycles. The molecule has 2 aromatic carbocycles. The number of hydrogen-bond donors (Lipinski definition) is 2. The predicted molar refractivity (Wildman–Crippen MR) is 120 cm³/mol. The topological polar surface area (TPSA) is 78.9 Å². The van der Waals surface area contributed by atoms with Crippen LogP contribution in [-0.2, 0) is 5.41 Å². The van der Waals surface area contributed by atoms with Gasteiger partial charge in [0.2, 0.25) is 0 Å². The molecule has 3 rings (SSSR count). The quantitative estimate of drug-likeness (QED) is 0.644. The summed E-state index contributed by atoms with van der Waals surface area (Å²) in [7, 11) is 2.14. The van der Waals surface area contributed by atoms with Crippen LogP contribution in [0.3, 0.4) is 0 Å². The first-order valence-corrected chi connectivity index (χ1v) is 10.1. The van der Waals surface area contributed by atoms with E-state index in [0.717, 1.165) is 50.0 Å². The highest BCUT2D eigenvalue weighted by atomic mass is 35.5. The number of halogens is 2. The molecule has 0 spiro atoms. The highest BCUT2D eigenvalue weighted by Gasteiger charge is 2.33. The van der Waals surface area contributed by atoms with Gasteiger partial charge in [0.05, 0.1) is 5.56 Å². The van der Waals surface area contributed by atoms with Gasteiger partial charge in [-0.3, -0.25) is 5.32 Å². The van der Waals surface area contributed by atoms with Crippen molar-refractivity contribution in [1.29, 1.82) is 0 Å². The molecule has 1 atom stereocenters. The van der Waals surface area contributed by atoms with Crippen LogP contribution in [-0.4, -0.2) is 42.2 Å². The number of amides is 1. The van der Waals surface area contributed by atoms with Gasteiger partial charge in [-0.2, -0.15) is 0 Å². The Morgan fingerprint density at radius 3 is 2.68 bits per heavy atom. The van der Waals surface area contributed by atoms with Crippen molar-refractivity contribution in [1.82, 2.24) is 4.90 Å². The SMILES string of the molecule is CCC1(c2cccc(OC(=O)Nc3ccc(C(=O)O)c(F)c3)c2)CCCCN(C)C1.Cl. The number of aromatic carboxylic acids is 1. The number of anilines is 1. The number of carbonyl (C=O) groups excluding carboxylic acids is 1. The lowest BCUT2D eigenvalue weighted by atomic mass is 9.74. The minimum atomic E-state index is -1.37. The van der Waals surface area contributed by atoms with E-state index in [9.17, 15) is 14.0 Å². The molecule has 31 heavy (non-hydrogen) atoms. The number of nitrogens with zero attached hydrogens (tertiary/aromatic N) is 1. The van der Waals surface area contributed by atoms with Gasteiger partial charge < -0.3 is 14.7 Å². The first kappa shape index (κ1) is 24.6. The Hall–Kier alpha value is -2.64. The Balaban J connectivity index is 0.00000341. The lowest BCUT2D eigenvalue weighted by molar-refractivity contribution is 0.0692. The highest BCUT2D eigenvalue weighted by Crippen LogP contribution is 2.37. The van der Waals surface area contributed by atoms with E-state index in [1.807, 2.05) is 12.1 Å². The van der Waals surface area contributed by atoms with Crippen LogP contribution in [0.4, 0.5) is 14.9 Å². The zero-order chi connectivity index (χ0) is 21.7. The average Bonchev–Trinajstić information content (AvgIpc) is 2.90. The van der Waals surface area contributed by atoms with E-state index in [0.29, 0.717) is 5.75 Å². The second-order valence-corrected chi connectivity index (χ2v) is 7.87. The van der Waals surface area contributed by atoms with Crippen LogP contribution < -0.4 is 10.1 Å². The fraction of sp³-hybridized carbons (Fsp3) is 0.391. The van der Waals surface area contributed by atoms with Crippen molar-refractivity contribution in [3.63, 3.8) is 0 Å². The first-order chi connectivity index (χ1) is 14.3. The summed E-state index contributed by atoms with van der Waals surface area (Å²) < 4.78 is 19.2. The summed E-state index contributed by atoms with van der Waals surface area (Å²) in [6, 6.07) is 10.9. The van der Waals surface area contributed by atoms with Crippen LogP contribution in [0.25, 0.3) is 0 Å². The number of ether oxygens (including phenoxy) is 1. The average molecular weight is 451 g/mol. The summed E-state index contributed by atoms with van der Waals surface area (Å²) in [6.07, 6.45) is 3.63. The molecule has 1 aliphatic heterocycles. The fourth-order valence-electron chi connectivity index (χ4n) is 4.15. The van der Waals surface area contributed by atoms with Crippen molar-refractivity contribution in [3.05, 3.63) is 59.4 Å². The van der Waals surface area contributed by atoms with Gasteiger partial charge in [0.15, 0.2) is 0 Å². The third-order valence-electron chi connectivity index (χ3n) is 5.80. The molecule has 1 saturated heterocycles. The van der Waals surface area contributed by atoms with E-state index in [-0.39, 0.29) is 23.5 Å². The molecule has 1 amide bonds. The molecule has 6 nitrogen and oxygen atoms in total. The molecule has 1 fully saturated rings. The maximum absolute atomic E-state index is 13.8. The number of carboxylic acid groups (broad SMARTS) is 1. The molecule has 2 aromatic rings. The van der Waals surface area contributed by atoms with Gasteiger partial charge in [-0.25, -0.2) is 14.0 Å². The number of hydrogen-bond acceptors (Lipinski definition) is 4. The van der Waals surface area contributed by atoms with E-state index >= 15 is 0 Å². The summed E-state index contributed by atoms with van der Waals surface area (Å²) >= 11 is 0. The van der Waals surface area contributed by atoms with Crippen molar-refractivity contribution < 1.29 is 23.8 Å². The van der Waals surface area contributed by atoms with Crippen molar-refractivity contribution >= 4 is 30.2 Å². The van der Waals surface area contributed by atoms with Crippen molar-refractivity contribution in [3.8, 4) is 5.75 Å². The highest BCUT2D eigenvalue weighted by molar-refractivity contribution is 5.90. The second-order valence-electron chi connectivity index (χ2n) is 7.87. The monoisotopic (exact) mass is 450 g/mol. The van der Waals surface area contributed by atoms with Crippen LogP contribution >= 0.6 is 12.4 Å². The molecule has 2 N–H and O–H groups in total. The molecule has 0 aromatic heterocycles. The number of likely N-dealkylation sites (N-methyl/N-ethyl adjacent to an activating group) is 1. The Labute approximate surface area is 187 Å². The third kappa shape index (κ3) is 5.95. The minimum absolute atomic E-state index is 0. The van der Waals surface area contributed by atoms with E-state index in [1.54, 1.807) is 6.07 Å². The smallest absolute Gasteiger partial charge is 0.417 e. The molecule has 8 heteroatoms. The van der Waals surface area contributed by atoms with Gasteiger partial charge in [0.1, 0.15) is 11.6 Å². The predicted octanol–water partition coefficient (Wildman–Crippen LogP) is 5.32. The summed E-state index contributed by atoms with van der Waals surface area (Å²) in [4.78, 5) is 25.5. The summed E-state index contributed by atoms with van der Waals surface area (Å²) in [5, 5.41) is 11.3. The van der Waals surface area contributed by atoms with Gasteiger partial charge >= 0.3 is 12.1 Å². The van der Waals surface area contributed by atoms with E-state index < -0.39 is 23.4 Å². The number of carbonyl (C=O) groups is 2. The number of carboxylic acids is 1. The largest absolute Gasteiger partial charge is 0.478 e. The molecule has 1 unspecified atom stereocenters. The number of nitrogens with one attached hydrogen (secondary N) is 1. The van der Waals surface area contributed by atoms with E-state index in [2.05, 4.69) is 30.3 Å². The molecule has 0 bridgehead atoms. The zero-order valence-corrected chi connectivity index (χ0v) is 18.5. The Bertz CT molecular complexity index is 940. The molecule has 0 radical (unpaired) electrons. The number of benzene rings is 2. The van der Waals surface area contributed by atoms with Crippen molar-refractivity contribution in [2.75, 3.05) is 25.5 Å². The number of rotatable bonds is 5. The lowest BCUT2D eigenvalue weighted by Gasteiger charge is -2.35. The summed E-state index contributed by atoms with van der Waals surface area (Å²) in [5.74, 6) is -1.88. The molecule has 168 valence electrons. The van der Waals surface area contributed by atoms with Crippen LogP contribution in [0, 0.1) is 5.82 Å². The molecular formula is C23H28ClFN2O4.